The van der Waals surface area contributed by atoms with E-state index in [1.54, 1.807) is 0 Å². The minimum absolute atomic E-state index is 0.718. The number of allylic oxidation sites excluding steroid dienone is 1. The molecule has 2 saturated carbocycles. The van der Waals surface area contributed by atoms with E-state index in [2.05, 4.69) is 19.2 Å². The van der Waals surface area contributed by atoms with Gasteiger partial charge in [0, 0.05) is 6.61 Å². The van der Waals surface area contributed by atoms with Crippen LogP contribution in [0, 0.1) is 23.7 Å². The van der Waals surface area contributed by atoms with Crippen molar-refractivity contribution in [1.82, 2.24) is 0 Å². The second kappa shape index (κ2) is 11.9. The molecular weight excluding hydrogens is 292 g/mol. The fourth-order valence-corrected chi connectivity index (χ4v) is 4.84. The smallest absolute Gasteiger partial charge is 0.0644 e. The van der Waals surface area contributed by atoms with E-state index in [-0.39, 0.29) is 0 Å². The van der Waals surface area contributed by atoms with E-state index in [1.165, 1.54) is 83.5 Å². The van der Waals surface area contributed by atoms with E-state index in [9.17, 15) is 0 Å². The Hall–Kier alpha value is -0.560. The van der Waals surface area contributed by atoms with Crippen molar-refractivity contribution in [3.8, 4) is 0 Å². The number of unbranched alkanes of at least 4 members (excludes halogenated alkanes) is 1. The third-order valence-corrected chi connectivity index (χ3v) is 6.53. The fraction of sp³-hybridized carbons (Fsp3) is 0.826. The van der Waals surface area contributed by atoms with Gasteiger partial charge in [0.25, 0.3) is 0 Å². The lowest BCUT2D eigenvalue weighted by Crippen LogP contribution is -2.20. The number of rotatable bonds is 11. The van der Waals surface area contributed by atoms with Gasteiger partial charge < -0.3 is 4.74 Å². The molecule has 0 heterocycles. The van der Waals surface area contributed by atoms with Gasteiger partial charge in [-0.25, -0.2) is 0 Å². The molecule has 1 heteroatoms. The van der Waals surface area contributed by atoms with Gasteiger partial charge in [0.05, 0.1) is 6.61 Å². The van der Waals surface area contributed by atoms with Crippen molar-refractivity contribution in [3.05, 3.63) is 25.3 Å². The predicted molar refractivity (Wildman–Crippen MR) is 105 cm³/mol. The molecule has 138 valence electrons. The Morgan fingerprint density at radius 3 is 1.67 bits per heavy atom. The summed E-state index contributed by atoms with van der Waals surface area (Å²) in [6.45, 7) is 9.23. The van der Waals surface area contributed by atoms with Crippen LogP contribution in [0.1, 0.15) is 83.5 Å². The molecule has 0 aromatic carbocycles. The van der Waals surface area contributed by atoms with Crippen LogP contribution in [0.3, 0.4) is 0 Å². The summed E-state index contributed by atoms with van der Waals surface area (Å²) in [5.41, 5.74) is 0. The van der Waals surface area contributed by atoms with Crippen LogP contribution < -0.4 is 0 Å². The first-order chi connectivity index (χ1) is 11.8. The van der Waals surface area contributed by atoms with Gasteiger partial charge in [-0.05, 0) is 49.4 Å². The van der Waals surface area contributed by atoms with E-state index < -0.39 is 0 Å². The number of hydrogen-bond acceptors (Lipinski definition) is 1. The quantitative estimate of drug-likeness (QED) is 0.294. The van der Waals surface area contributed by atoms with Crippen molar-refractivity contribution >= 4 is 0 Å². The Kier molecular flexibility index (Phi) is 9.80. The van der Waals surface area contributed by atoms with Crippen LogP contribution in [0.5, 0.6) is 0 Å². The maximum Gasteiger partial charge on any atom is 0.0644 e. The van der Waals surface area contributed by atoms with E-state index >= 15 is 0 Å². The van der Waals surface area contributed by atoms with Gasteiger partial charge in [-0.1, -0.05) is 69.9 Å². The molecular formula is C23H40O. The third kappa shape index (κ3) is 7.55. The summed E-state index contributed by atoms with van der Waals surface area (Å²) in [6.07, 6.45) is 22.6. The largest absolute Gasteiger partial charge is 0.377 e. The Morgan fingerprint density at radius 1 is 0.667 bits per heavy atom. The molecule has 0 spiro atoms. The molecule has 0 bridgehead atoms. The van der Waals surface area contributed by atoms with Crippen LogP contribution in [0.2, 0.25) is 0 Å². The predicted octanol–water partition coefficient (Wildman–Crippen LogP) is 6.94. The lowest BCUT2D eigenvalue weighted by Gasteiger charge is -2.32. The highest BCUT2D eigenvalue weighted by Crippen LogP contribution is 2.37. The van der Waals surface area contributed by atoms with E-state index in [0.717, 1.165) is 36.9 Å². The van der Waals surface area contributed by atoms with Crippen molar-refractivity contribution in [3.63, 3.8) is 0 Å². The Labute approximate surface area is 150 Å². The SMILES string of the molecule is C=CCCC[C@H]1CC[C@H](CC[C@H]2CC[C@H](COCC=C)CC2)CC1. The normalized spacial score (nSPS) is 30.8. The zero-order valence-electron chi connectivity index (χ0n) is 15.9. The van der Waals surface area contributed by atoms with Gasteiger partial charge in [0.1, 0.15) is 0 Å². The van der Waals surface area contributed by atoms with Crippen molar-refractivity contribution in [2.24, 2.45) is 23.7 Å². The summed E-state index contributed by atoms with van der Waals surface area (Å²) in [7, 11) is 0. The van der Waals surface area contributed by atoms with E-state index in [1.807, 2.05) is 6.08 Å². The number of hydrogen-bond donors (Lipinski definition) is 0. The lowest BCUT2D eigenvalue weighted by atomic mass is 9.75. The summed E-state index contributed by atoms with van der Waals surface area (Å²) < 4.78 is 5.63. The first-order valence-electron chi connectivity index (χ1n) is 10.6. The summed E-state index contributed by atoms with van der Waals surface area (Å²) in [5.74, 6) is 3.87. The fourth-order valence-electron chi connectivity index (χ4n) is 4.84. The molecule has 1 nitrogen and oxygen atoms in total. The monoisotopic (exact) mass is 332 g/mol. The Morgan fingerprint density at radius 2 is 1.17 bits per heavy atom. The molecule has 0 amide bonds. The summed E-state index contributed by atoms with van der Waals surface area (Å²) in [5, 5.41) is 0. The van der Waals surface area contributed by atoms with Gasteiger partial charge in [0.15, 0.2) is 0 Å². The molecule has 0 radical (unpaired) electrons. The van der Waals surface area contributed by atoms with Crippen molar-refractivity contribution in [1.29, 1.82) is 0 Å². The van der Waals surface area contributed by atoms with Crippen LogP contribution in [0.15, 0.2) is 25.3 Å². The van der Waals surface area contributed by atoms with Gasteiger partial charge >= 0.3 is 0 Å². The molecule has 2 fully saturated rings. The molecule has 2 aliphatic carbocycles. The minimum Gasteiger partial charge on any atom is -0.377 e. The van der Waals surface area contributed by atoms with Crippen molar-refractivity contribution in [2.45, 2.75) is 83.5 Å². The van der Waals surface area contributed by atoms with Crippen LogP contribution >= 0.6 is 0 Å². The highest BCUT2D eigenvalue weighted by molar-refractivity contribution is 4.77. The molecule has 0 unspecified atom stereocenters. The van der Waals surface area contributed by atoms with E-state index in [4.69, 9.17) is 4.74 Å². The Balaban J connectivity index is 1.51. The molecule has 0 saturated heterocycles. The Bertz CT molecular complexity index is 298. The minimum atomic E-state index is 0.718. The maximum atomic E-state index is 5.63. The average Bonchev–Trinajstić information content (AvgIpc) is 2.63. The van der Waals surface area contributed by atoms with Gasteiger partial charge in [0.2, 0.25) is 0 Å². The van der Waals surface area contributed by atoms with Crippen LogP contribution in [-0.4, -0.2) is 13.2 Å². The molecule has 0 N–H and O–H groups in total. The average molecular weight is 333 g/mol. The first kappa shape index (κ1) is 19.8. The molecule has 2 aliphatic rings. The van der Waals surface area contributed by atoms with Gasteiger partial charge in [-0.2, -0.15) is 0 Å². The zero-order valence-corrected chi connectivity index (χ0v) is 15.9. The summed E-state index contributed by atoms with van der Waals surface area (Å²) in [4.78, 5) is 0. The molecule has 2 rings (SSSR count). The first-order valence-corrected chi connectivity index (χ1v) is 10.6. The molecule has 0 aliphatic heterocycles. The second-order valence-corrected chi connectivity index (χ2v) is 8.40. The van der Waals surface area contributed by atoms with Crippen molar-refractivity contribution in [2.75, 3.05) is 13.2 Å². The summed E-state index contributed by atoms with van der Waals surface area (Å²) in [6, 6.07) is 0. The highest BCUT2D eigenvalue weighted by atomic mass is 16.5. The van der Waals surface area contributed by atoms with Crippen molar-refractivity contribution < 1.29 is 4.74 Å². The maximum absolute atomic E-state index is 5.63. The number of ether oxygens (including phenoxy) is 1. The standard InChI is InChI=1S/C23H40O/c1-3-5-6-7-20-8-10-21(11-9-20)12-13-22-14-16-23(17-15-22)19-24-18-4-2/h3-4,20-23H,1-2,5-19H2/t20-,21-,22-,23-. The summed E-state index contributed by atoms with van der Waals surface area (Å²) >= 11 is 0. The van der Waals surface area contributed by atoms with E-state index in [0.29, 0.717) is 0 Å². The molecule has 0 atom stereocenters. The topological polar surface area (TPSA) is 9.23 Å². The molecule has 0 aromatic rings. The third-order valence-electron chi connectivity index (χ3n) is 6.53. The molecule has 0 aromatic heterocycles. The second-order valence-electron chi connectivity index (χ2n) is 8.40. The van der Waals surface area contributed by atoms with Gasteiger partial charge in [-0.15, -0.1) is 13.2 Å². The lowest BCUT2D eigenvalue weighted by molar-refractivity contribution is 0.0936. The van der Waals surface area contributed by atoms with Crippen LogP contribution in [0.4, 0.5) is 0 Å². The molecule has 24 heavy (non-hydrogen) atoms. The highest BCUT2D eigenvalue weighted by Gasteiger charge is 2.24. The van der Waals surface area contributed by atoms with Crippen LogP contribution in [0.25, 0.3) is 0 Å². The van der Waals surface area contributed by atoms with Gasteiger partial charge in [-0.3, -0.25) is 0 Å². The zero-order chi connectivity index (χ0) is 17.0. The van der Waals surface area contributed by atoms with Crippen LogP contribution in [-0.2, 0) is 4.74 Å².